The number of piperidine rings is 1. The molecule has 2 aromatic heterocycles. The van der Waals surface area contributed by atoms with Crippen LogP contribution in [0.3, 0.4) is 0 Å². The summed E-state index contributed by atoms with van der Waals surface area (Å²) in [6.07, 6.45) is 3.36. The molecule has 0 bridgehead atoms. The normalized spacial score (nSPS) is 17.2. The van der Waals surface area contributed by atoms with E-state index in [9.17, 15) is 4.79 Å². The number of anilines is 1. The van der Waals surface area contributed by atoms with Gasteiger partial charge in [-0.25, -0.2) is 4.98 Å². The van der Waals surface area contributed by atoms with Gasteiger partial charge < -0.3 is 14.3 Å². The Morgan fingerprint density at radius 3 is 3.00 bits per heavy atom. The van der Waals surface area contributed by atoms with Crippen molar-refractivity contribution in [2.45, 2.75) is 25.7 Å². The van der Waals surface area contributed by atoms with Crippen molar-refractivity contribution in [3.63, 3.8) is 0 Å². The van der Waals surface area contributed by atoms with Crippen LogP contribution in [0.1, 0.15) is 36.0 Å². The number of likely N-dealkylation sites (N-methyl/N-ethyl adjacent to an activating group) is 1. The predicted molar refractivity (Wildman–Crippen MR) is 89.8 cm³/mol. The Labute approximate surface area is 146 Å². The number of hydrogen-bond acceptors (Lipinski definition) is 7. The number of carbonyl (C=O) groups excluding carboxylic acids is 1. The molecule has 0 saturated carbocycles. The molecule has 0 N–H and O–H groups in total. The average Bonchev–Trinajstić information content (AvgIpc) is 3.08. The number of nitriles is 1. The molecule has 1 saturated heterocycles. The van der Waals surface area contributed by atoms with Crippen molar-refractivity contribution in [1.82, 2.24) is 20.0 Å². The zero-order chi connectivity index (χ0) is 17.8. The second kappa shape index (κ2) is 7.30. The van der Waals surface area contributed by atoms with Gasteiger partial charge in [-0.05, 0) is 31.9 Å². The van der Waals surface area contributed by atoms with Crippen LogP contribution in [0, 0.1) is 18.3 Å². The SMILES string of the molecule is Cc1noc(C2CCCN(C(=O)CN(C)c3ccc(C#N)cn3)C2)n1. The highest BCUT2D eigenvalue weighted by atomic mass is 16.5. The molecule has 25 heavy (non-hydrogen) atoms. The molecule has 0 spiro atoms. The monoisotopic (exact) mass is 340 g/mol. The summed E-state index contributed by atoms with van der Waals surface area (Å²) in [5.41, 5.74) is 0.497. The second-order valence-electron chi connectivity index (χ2n) is 6.23. The molecule has 0 radical (unpaired) electrons. The summed E-state index contributed by atoms with van der Waals surface area (Å²) in [5, 5.41) is 12.7. The molecule has 1 fully saturated rings. The fourth-order valence-corrected chi connectivity index (χ4v) is 2.95. The van der Waals surface area contributed by atoms with E-state index in [1.807, 2.05) is 18.0 Å². The van der Waals surface area contributed by atoms with Gasteiger partial charge in [0.1, 0.15) is 11.9 Å². The zero-order valence-electron chi connectivity index (χ0n) is 14.3. The summed E-state index contributed by atoms with van der Waals surface area (Å²) in [5.74, 6) is 2.02. The fourth-order valence-electron chi connectivity index (χ4n) is 2.95. The highest BCUT2D eigenvalue weighted by molar-refractivity contribution is 5.81. The Bertz CT molecular complexity index is 779. The summed E-state index contributed by atoms with van der Waals surface area (Å²) in [7, 11) is 1.81. The van der Waals surface area contributed by atoms with E-state index in [-0.39, 0.29) is 18.4 Å². The number of likely N-dealkylation sites (tertiary alicyclic amines) is 1. The van der Waals surface area contributed by atoms with E-state index in [0.29, 0.717) is 29.6 Å². The van der Waals surface area contributed by atoms with Crippen molar-refractivity contribution in [2.24, 2.45) is 0 Å². The van der Waals surface area contributed by atoms with Crippen LogP contribution in [0.5, 0.6) is 0 Å². The van der Waals surface area contributed by atoms with Gasteiger partial charge in [-0.15, -0.1) is 0 Å². The minimum atomic E-state index is 0.0367. The second-order valence-corrected chi connectivity index (χ2v) is 6.23. The van der Waals surface area contributed by atoms with Crippen molar-refractivity contribution in [3.05, 3.63) is 35.6 Å². The number of carbonyl (C=O) groups is 1. The van der Waals surface area contributed by atoms with Crippen molar-refractivity contribution >= 4 is 11.7 Å². The maximum Gasteiger partial charge on any atom is 0.242 e. The number of hydrogen-bond donors (Lipinski definition) is 0. The van der Waals surface area contributed by atoms with E-state index in [1.54, 1.807) is 24.0 Å². The summed E-state index contributed by atoms with van der Waals surface area (Å²) in [6.45, 7) is 3.35. The van der Waals surface area contributed by atoms with Gasteiger partial charge >= 0.3 is 0 Å². The number of nitrogens with zero attached hydrogens (tertiary/aromatic N) is 6. The summed E-state index contributed by atoms with van der Waals surface area (Å²) >= 11 is 0. The number of pyridine rings is 1. The minimum Gasteiger partial charge on any atom is -0.350 e. The van der Waals surface area contributed by atoms with Crippen LogP contribution < -0.4 is 4.90 Å². The van der Waals surface area contributed by atoms with Gasteiger partial charge in [0.25, 0.3) is 0 Å². The Kier molecular flexibility index (Phi) is 4.93. The smallest absolute Gasteiger partial charge is 0.242 e. The lowest BCUT2D eigenvalue weighted by molar-refractivity contribution is -0.131. The Balaban J connectivity index is 1.61. The largest absolute Gasteiger partial charge is 0.350 e. The first-order valence-corrected chi connectivity index (χ1v) is 8.22. The lowest BCUT2D eigenvalue weighted by Crippen LogP contribution is -2.44. The van der Waals surface area contributed by atoms with E-state index >= 15 is 0 Å². The number of aromatic nitrogens is 3. The molecule has 1 unspecified atom stereocenters. The van der Waals surface area contributed by atoms with E-state index in [0.717, 1.165) is 19.4 Å². The first-order valence-electron chi connectivity index (χ1n) is 8.22. The van der Waals surface area contributed by atoms with Crippen molar-refractivity contribution in [3.8, 4) is 6.07 Å². The molecule has 1 aliphatic heterocycles. The number of rotatable bonds is 4. The van der Waals surface area contributed by atoms with Gasteiger partial charge in [0.15, 0.2) is 5.82 Å². The summed E-state index contributed by atoms with van der Waals surface area (Å²) in [4.78, 5) is 24.8. The Morgan fingerprint density at radius 1 is 1.52 bits per heavy atom. The van der Waals surface area contributed by atoms with Crippen molar-refractivity contribution < 1.29 is 9.32 Å². The van der Waals surface area contributed by atoms with Crippen molar-refractivity contribution in [1.29, 1.82) is 5.26 Å². The molecule has 3 rings (SSSR count). The van der Waals surface area contributed by atoms with Crippen LogP contribution in [0.2, 0.25) is 0 Å². The molecule has 1 aliphatic rings. The van der Waals surface area contributed by atoms with E-state index in [2.05, 4.69) is 15.1 Å². The van der Waals surface area contributed by atoms with Crippen molar-refractivity contribution in [2.75, 3.05) is 31.6 Å². The highest BCUT2D eigenvalue weighted by Gasteiger charge is 2.28. The van der Waals surface area contributed by atoms with Crippen LogP contribution in [0.4, 0.5) is 5.82 Å². The standard InChI is InChI=1S/C17H20N6O2/c1-12-20-17(25-21-12)14-4-3-7-23(10-14)16(24)11-22(2)15-6-5-13(8-18)9-19-15/h5-6,9,14H,3-4,7,10-11H2,1-2H3. The van der Waals surface area contributed by atoms with E-state index in [4.69, 9.17) is 9.78 Å². The molecule has 0 aliphatic carbocycles. The third-order valence-electron chi connectivity index (χ3n) is 4.31. The number of amides is 1. The summed E-state index contributed by atoms with van der Waals surface area (Å²) < 4.78 is 5.26. The van der Waals surface area contributed by atoms with Crippen LogP contribution in [-0.4, -0.2) is 52.6 Å². The highest BCUT2D eigenvalue weighted by Crippen LogP contribution is 2.25. The van der Waals surface area contributed by atoms with Crippen LogP contribution >= 0.6 is 0 Å². The maximum absolute atomic E-state index is 12.6. The lowest BCUT2D eigenvalue weighted by atomic mass is 9.98. The first kappa shape index (κ1) is 16.9. The molecule has 130 valence electrons. The predicted octanol–water partition coefficient (Wildman–Crippen LogP) is 1.49. The molecular weight excluding hydrogens is 320 g/mol. The van der Waals surface area contributed by atoms with Gasteiger partial charge in [0.05, 0.1) is 18.0 Å². The molecule has 3 heterocycles. The van der Waals surface area contributed by atoms with Gasteiger partial charge in [0.2, 0.25) is 11.8 Å². The van der Waals surface area contributed by atoms with E-state index < -0.39 is 0 Å². The molecule has 8 nitrogen and oxygen atoms in total. The van der Waals surface area contributed by atoms with Gasteiger partial charge in [-0.3, -0.25) is 4.79 Å². The molecule has 1 amide bonds. The third kappa shape index (κ3) is 3.94. The van der Waals surface area contributed by atoms with Crippen LogP contribution in [0.15, 0.2) is 22.9 Å². The molecule has 0 aromatic carbocycles. The number of aryl methyl sites for hydroxylation is 1. The minimum absolute atomic E-state index is 0.0367. The lowest BCUT2D eigenvalue weighted by Gasteiger charge is -2.32. The quantitative estimate of drug-likeness (QED) is 0.831. The Morgan fingerprint density at radius 2 is 2.36 bits per heavy atom. The van der Waals surface area contributed by atoms with Gasteiger partial charge in [0, 0.05) is 26.3 Å². The average molecular weight is 340 g/mol. The Hall–Kier alpha value is -2.95. The van der Waals surface area contributed by atoms with Gasteiger partial charge in [-0.1, -0.05) is 5.16 Å². The fraction of sp³-hybridized carbons (Fsp3) is 0.471. The zero-order valence-corrected chi connectivity index (χ0v) is 14.3. The molecule has 1 atom stereocenters. The van der Waals surface area contributed by atoms with Crippen LogP contribution in [-0.2, 0) is 4.79 Å². The third-order valence-corrected chi connectivity index (χ3v) is 4.31. The van der Waals surface area contributed by atoms with Crippen LogP contribution in [0.25, 0.3) is 0 Å². The molecule has 8 heteroatoms. The molecule has 2 aromatic rings. The van der Waals surface area contributed by atoms with E-state index in [1.165, 1.54) is 6.20 Å². The molecular formula is C17H20N6O2. The topological polar surface area (TPSA) is 99.2 Å². The first-order chi connectivity index (χ1) is 12.1. The maximum atomic E-state index is 12.6. The summed E-state index contributed by atoms with van der Waals surface area (Å²) in [6, 6.07) is 5.47. The van der Waals surface area contributed by atoms with Gasteiger partial charge in [-0.2, -0.15) is 10.2 Å².